The third-order valence-corrected chi connectivity index (χ3v) is 6.16. The highest BCUT2D eigenvalue weighted by molar-refractivity contribution is 7.13. The third-order valence-electron chi connectivity index (χ3n) is 5.47. The van der Waals surface area contributed by atoms with Gasteiger partial charge in [-0.25, -0.2) is 14.4 Å². The van der Waals surface area contributed by atoms with Crippen molar-refractivity contribution in [3.05, 3.63) is 59.1 Å². The fourth-order valence-corrected chi connectivity index (χ4v) is 4.44. The Hall–Kier alpha value is -3.47. The van der Waals surface area contributed by atoms with Crippen LogP contribution in [0.2, 0.25) is 0 Å². The predicted octanol–water partition coefficient (Wildman–Crippen LogP) is 5.51. The summed E-state index contributed by atoms with van der Waals surface area (Å²) >= 11 is 1.24. The smallest absolute Gasteiger partial charge is 0.368 e. The van der Waals surface area contributed by atoms with Crippen LogP contribution in [0.3, 0.4) is 0 Å². The van der Waals surface area contributed by atoms with E-state index in [1.165, 1.54) is 23.5 Å². The molecule has 6 nitrogen and oxygen atoms in total. The van der Waals surface area contributed by atoms with Crippen molar-refractivity contribution in [3.63, 3.8) is 0 Å². The standard InChI is InChI=1S/C22H17F4N5OS/c23-12-6-8-31(11-12)13-4-5-16(22(24,25)26)15(10-13)19-28-17-3-1-2-14(18(17)29-19)20(32)30-21-27-7-9-33-21/h1-5,7,9-10,12H,6,8,11H2,(H,28,29)(H,27,30,32)/t12-/m1/s1. The normalized spacial score (nSPS) is 16.5. The van der Waals surface area contributed by atoms with Gasteiger partial charge in [0.05, 0.1) is 16.6 Å². The maximum absolute atomic E-state index is 13.8. The van der Waals surface area contributed by atoms with Crippen molar-refractivity contribution in [2.75, 3.05) is 23.3 Å². The highest BCUT2D eigenvalue weighted by Gasteiger charge is 2.35. The topological polar surface area (TPSA) is 73.9 Å². The van der Waals surface area contributed by atoms with E-state index in [2.05, 4.69) is 20.3 Å². The maximum Gasteiger partial charge on any atom is 0.417 e. The fraction of sp³-hybridized carbons (Fsp3) is 0.227. The summed E-state index contributed by atoms with van der Waals surface area (Å²) in [5.74, 6) is -0.492. The summed E-state index contributed by atoms with van der Waals surface area (Å²) in [5, 5.41) is 4.77. The summed E-state index contributed by atoms with van der Waals surface area (Å²) in [4.78, 5) is 25.7. The average molecular weight is 475 g/mol. The highest BCUT2D eigenvalue weighted by Crippen LogP contribution is 2.39. The van der Waals surface area contributed by atoms with Crippen LogP contribution in [-0.2, 0) is 6.18 Å². The molecule has 1 aliphatic heterocycles. The van der Waals surface area contributed by atoms with Crippen molar-refractivity contribution in [1.29, 1.82) is 0 Å². The number of fused-ring (bicyclic) bond motifs is 1. The molecular weight excluding hydrogens is 458 g/mol. The number of para-hydroxylation sites is 1. The lowest BCUT2D eigenvalue weighted by molar-refractivity contribution is -0.137. The van der Waals surface area contributed by atoms with Crippen LogP contribution in [0.15, 0.2) is 48.0 Å². The van der Waals surface area contributed by atoms with Gasteiger partial charge in [0, 0.05) is 35.9 Å². The lowest BCUT2D eigenvalue weighted by Crippen LogP contribution is -2.20. The van der Waals surface area contributed by atoms with Gasteiger partial charge in [0.2, 0.25) is 0 Å². The van der Waals surface area contributed by atoms with E-state index in [4.69, 9.17) is 0 Å². The minimum Gasteiger partial charge on any atom is -0.368 e. The average Bonchev–Trinajstić information content (AvgIpc) is 3.53. The molecule has 0 saturated carbocycles. The second kappa shape index (κ2) is 8.14. The summed E-state index contributed by atoms with van der Waals surface area (Å²) in [6, 6.07) is 8.50. The number of carbonyl (C=O) groups excluding carboxylic acids is 1. The number of rotatable bonds is 4. The van der Waals surface area contributed by atoms with Crippen LogP contribution in [0.4, 0.5) is 28.4 Å². The Bertz CT molecular complexity index is 1320. The minimum absolute atomic E-state index is 0.0235. The minimum atomic E-state index is -4.62. The molecule has 2 N–H and O–H groups in total. The molecule has 0 aliphatic carbocycles. The number of aromatic nitrogens is 3. The molecule has 1 fully saturated rings. The number of nitrogens with one attached hydrogen (secondary N) is 2. The Morgan fingerprint density at radius 3 is 2.79 bits per heavy atom. The number of anilines is 2. The Labute approximate surface area is 189 Å². The maximum atomic E-state index is 13.8. The molecule has 4 aromatic rings. The summed E-state index contributed by atoms with van der Waals surface area (Å²) in [5.41, 5.74) is 0.320. The number of halogens is 4. The molecule has 1 amide bonds. The van der Waals surface area contributed by atoms with Crippen molar-refractivity contribution in [2.45, 2.75) is 18.8 Å². The number of H-pyrrole nitrogens is 1. The molecule has 33 heavy (non-hydrogen) atoms. The van der Waals surface area contributed by atoms with E-state index in [-0.39, 0.29) is 29.0 Å². The number of thiazole rings is 1. The van der Waals surface area contributed by atoms with Crippen molar-refractivity contribution < 1.29 is 22.4 Å². The van der Waals surface area contributed by atoms with Gasteiger partial charge < -0.3 is 9.88 Å². The molecule has 5 rings (SSSR count). The lowest BCUT2D eigenvalue weighted by atomic mass is 10.0. The zero-order chi connectivity index (χ0) is 23.2. The molecule has 1 saturated heterocycles. The predicted molar refractivity (Wildman–Crippen MR) is 118 cm³/mol. The van der Waals surface area contributed by atoms with E-state index >= 15 is 0 Å². The van der Waals surface area contributed by atoms with Gasteiger partial charge in [-0.1, -0.05) is 6.07 Å². The molecular formula is C22H17F4N5OS. The molecule has 2 aromatic heterocycles. The van der Waals surface area contributed by atoms with E-state index < -0.39 is 23.8 Å². The largest absolute Gasteiger partial charge is 0.417 e. The molecule has 0 unspecified atom stereocenters. The van der Waals surface area contributed by atoms with Gasteiger partial charge in [-0.3, -0.25) is 10.1 Å². The first kappa shape index (κ1) is 21.4. The molecule has 3 heterocycles. The highest BCUT2D eigenvalue weighted by atomic mass is 32.1. The molecule has 11 heteroatoms. The Morgan fingerprint density at radius 1 is 1.24 bits per heavy atom. The van der Waals surface area contributed by atoms with Crippen molar-refractivity contribution in [2.24, 2.45) is 0 Å². The third kappa shape index (κ3) is 4.15. The molecule has 2 aromatic carbocycles. The van der Waals surface area contributed by atoms with Crippen LogP contribution >= 0.6 is 11.3 Å². The van der Waals surface area contributed by atoms with Gasteiger partial charge in [-0.05, 0) is 36.8 Å². The molecule has 170 valence electrons. The number of aromatic amines is 1. The second-order valence-corrected chi connectivity index (χ2v) is 8.53. The van der Waals surface area contributed by atoms with E-state index in [1.54, 1.807) is 34.7 Å². The number of amides is 1. The summed E-state index contributed by atoms with van der Waals surface area (Å²) in [6.07, 6.45) is -3.75. The van der Waals surface area contributed by atoms with Gasteiger partial charge in [-0.2, -0.15) is 13.2 Å². The number of hydrogen-bond donors (Lipinski definition) is 2. The van der Waals surface area contributed by atoms with Crippen molar-refractivity contribution >= 4 is 39.1 Å². The first-order valence-corrected chi connectivity index (χ1v) is 11.0. The summed E-state index contributed by atoms with van der Waals surface area (Å²) < 4.78 is 55.0. The number of hydrogen-bond acceptors (Lipinski definition) is 5. The molecule has 1 aliphatic rings. The lowest BCUT2D eigenvalue weighted by Gasteiger charge is -2.20. The molecule has 0 radical (unpaired) electrons. The SMILES string of the molecule is O=C(Nc1nccs1)c1cccc2[nH]c(-c3cc(N4CC[C@@H](F)C4)ccc3C(F)(F)F)nc12. The Balaban J connectivity index is 1.59. The quantitative estimate of drug-likeness (QED) is 0.382. The zero-order valence-electron chi connectivity index (χ0n) is 17.0. The fourth-order valence-electron chi connectivity index (χ4n) is 3.92. The van der Waals surface area contributed by atoms with Crippen LogP contribution in [0.25, 0.3) is 22.4 Å². The number of carbonyl (C=O) groups is 1. The van der Waals surface area contributed by atoms with E-state index in [0.717, 1.165) is 6.07 Å². The first-order valence-electron chi connectivity index (χ1n) is 10.1. The molecule has 0 spiro atoms. The zero-order valence-corrected chi connectivity index (χ0v) is 17.8. The summed E-state index contributed by atoms with van der Waals surface area (Å²) in [7, 11) is 0. The van der Waals surface area contributed by atoms with Gasteiger partial charge in [0.1, 0.15) is 17.5 Å². The van der Waals surface area contributed by atoms with Crippen LogP contribution in [0.5, 0.6) is 0 Å². The number of alkyl halides is 4. The van der Waals surface area contributed by atoms with E-state index in [0.29, 0.717) is 29.3 Å². The van der Waals surface area contributed by atoms with E-state index in [9.17, 15) is 22.4 Å². The second-order valence-electron chi connectivity index (χ2n) is 7.64. The van der Waals surface area contributed by atoms with Gasteiger partial charge in [0.15, 0.2) is 5.13 Å². The first-order chi connectivity index (χ1) is 15.8. The number of benzene rings is 2. The van der Waals surface area contributed by atoms with Crippen molar-refractivity contribution in [1.82, 2.24) is 15.0 Å². The number of imidazole rings is 1. The van der Waals surface area contributed by atoms with E-state index in [1.807, 2.05) is 0 Å². The van der Waals surface area contributed by atoms with Crippen molar-refractivity contribution in [3.8, 4) is 11.4 Å². The van der Waals surface area contributed by atoms with Crippen LogP contribution < -0.4 is 10.2 Å². The van der Waals surface area contributed by atoms with Crippen LogP contribution in [0.1, 0.15) is 22.3 Å². The van der Waals surface area contributed by atoms with Gasteiger partial charge >= 0.3 is 6.18 Å². The van der Waals surface area contributed by atoms with Gasteiger partial charge in [-0.15, -0.1) is 11.3 Å². The Kier molecular flexibility index (Phi) is 5.28. The molecule has 1 atom stereocenters. The Morgan fingerprint density at radius 2 is 2.09 bits per heavy atom. The monoisotopic (exact) mass is 475 g/mol. The summed E-state index contributed by atoms with van der Waals surface area (Å²) in [6.45, 7) is 0.555. The number of nitrogens with zero attached hydrogens (tertiary/aromatic N) is 3. The van der Waals surface area contributed by atoms with Crippen LogP contribution in [-0.4, -0.2) is 40.1 Å². The van der Waals surface area contributed by atoms with Gasteiger partial charge in [0.25, 0.3) is 5.91 Å². The van der Waals surface area contributed by atoms with Crippen LogP contribution in [0, 0.1) is 0 Å². The molecule has 0 bridgehead atoms.